The van der Waals surface area contributed by atoms with Crippen molar-refractivity contribution in [3.63, 3.8) is 0 Å². The Kier molecular flexibility index (Phi) is 10.3. The number of hydrogen-bond donors (Lipinski definition) is 11. The molecule has 2 saturated heterocycles. The molecule has 3 aliphatic heterocycles. The van der Waals surface area contributed by atoms with Gasteiger partial charge in [0.1, 0.15) is 59.8 Å². The second kappa shape index (κ2) is 14.4. The molecule has 6 rings (SSSR count). The number of carbonyl (C=O) groups is 1. The van der Waals surface area contributed by atoms with E-state index in [1.54, 1.807) is 18.2 Å². The van der Waals surface area contributed by atoms with E-state index in [-0.39, 0.29) is 40.3 Å². The number of anilines is 1. The van der Waals surface area contributed by atoms with Crippen LogP contribution in [0, 0.1) is 0 Å². The third kappa shape index (κ3) is 6.89. The number of benzene rings is 3. The normalized spacial score (nSPS) is 31.2. The Morgan fingerprint density at radius 3 is 2.29 bits per heavy atom. The molecule has 1 aliphatic carbocycles. The van der Waals surface area contributed by atoms with Gasteiger partial charge in [0.05, 0.1) is 31.5 Å². The van der Waals surface area contributed by atoms with Crippen LogP contribution in [0.1, 0.15) is 17.3 Å². The van der Waals surface area contributed by atoms with Crippen molar-refractivity contribution >= 4 is 22.6 Å². The molecule has 0 spiro atoms. The van der Waals surface area contributed by atoms with Gasteiger partial charge in [-0.05, 0) is 48.9 Å². The molecule has 17 heteroatoms. The number of phenolic OH excluding ortho intramolecular Hbond substituents is 1. The van der Waals surface area contributed by atoms with Crippen LogP contribution in [0.15, 0.2) is 63.8 Å². The van der Waals surface area contributed by atoms with Gasteiger partial charge in [0.2, 0.25) is 0 Å². The van der Waals surface area contributed by atoms with E-state index in [1.165, 1.54) is 43.3 Å². The van der Waals surface area contributed by atoms with E-state index in [0.717, 1.165) is 0 Å². The fourth-order valence-corrected chi connectivity index (χ4v) is 6.50. The highest BCUT2D eigenvalue weighted by Gasteiger charge is 2.55. The van der Waals surface area contributed by atoms with Crippen molar-refractivity contribution in [2.75, 3.05) is 25.2 Å². The molecule has 0 saturated carbocycles. The largest absolute Gasteiger partial charge is 0.508 e. The molecule has 11 N–H and O–H groups in total. The van der Waals surface area contributed by atoms with Crippen LogP contribution in [-0.4, -0.2) is 133 Å². The zero-order valence-electron chi connectivity index (χ0n) is 27.0. The number of hydrogen-bond acceptors (Lipinski definition) is 16. The minimum Gasteiger partial charge on any atom is -0.508 e. The van der Waals surface area contributed by atoms with Gasteiger partial charge >= 0.3 is 5.97 Å². The quantitative estimate of drug-likeness (QED) is 0.0690. The van der Waals surface area contributed by atoms with E-state index < -0.39 is 80.0 Å². The van der Waals surface area contributed by atoms with Crippen LogP contribution >= 0.6 is 0 Å². The number of fused-ring (bicyclic) bond motifs is 2. The standard InChI is InChI=1S/C34H38N2O15/c1-34(31(45)30(44)28(42)24(12-38)50-34)51-33-26(29(43)27(41)23(11-37)49-33)36-13-35-14-2-5-17(20(8-14)32(46)47)25-18-6-3-15(39)9-21(18)48-22-10-16(40)4-7-19(22)25/h2-10,23-24,26-31,33,35-39,41-45H,11-13H2,1H3,(H,46,47)/t23-,24?,26?,27?,28?,29?,30?,31?,33?,34?/m1/s1. The van der Waals surface area contributed by atoms with Crippen molar-refractivity contribution < 1.29 is 69.4 Å². The van der Waals surface area contributed by atoms with E-state index in [0.29, 0.717) is 22.2 Å². The number of ether oxygens (including phenoxy) is 3. The molecule has 9 unspecified atom stereocenters. The molecule has 0 bridgehead atoms. The molecule has 17 nitrogen and oxygen atoms in total. The fraction of sp³-hybridized carbons (Fsp3) is 0.412. The van der Waals surface area contributed by atoms with Crippen LogP contribution in [-0.2, 0) is 14.2 Å². The lowest BCUT2D eigenvalue weighted by atomic mass is 9.90. The monoisotopic (exact) mass is 714 g/mol. The summed E-state index contributed by atoms with van der Waals surface area (Å²) in [5.41, 5.74) is 1.26. The van der Waals surface area contributed by atoms with E-state index >= 15 is 0 Å². The number of carboxylic acids is 1. The molecular weight excluding hydrogens is 676 g/mol. The van der Waals surface area contributed by atoms with Gasteiger partial charge in [-0.2, -0.15) is 0 Å². The summed E-state index contributed by atoms with van der Waals surface area (Å²) in [5, 5.41) is 98.9. The zero-order chi connectivity index (χ0) is 36.8. The number of nitrogens with one attached hydrogen (secondary N) is 2. The van der Waals surface area contributed by atoms with Gasteiger partial charge in [0.15, 0.2) is 17.5 Å². The summed E-state index contributed by atoms with van der Waals surface area (Å²) >= 11 is 0. The summed E-state index contributed by atoms with van der Waals surface area (Å²) in [6, 6.07) is 11.7. The first-order chi connectivity index (χ1) is 24.3. The molecular formula is C34H38N2O15. The van der Waals surface area contributed by atoms with Crippen molar-refractivity contribution in [3.8, 4) is 28.2 Å². The van der Waals surface area contributed by atoms with Crippen LogP contribution < -0.4 is 16.1 Å². The molecule has 2 aromatic carbocycles. The third-order valence-corrected chi connectivity index (χ3v) is 9.21. The summed E-state index contributed by atoms with van der Waals surface area (Å²) in [4.78, 5) is 24.7. The minimum absolute atomic E-state index is 0.0943. The smallest absolute Gasteiger partial charge is 0.336 e. The molecule has 51 heavy (non-hydrogen) atoms. The highest BCUT2D eigenvalue weighted by atomic mass is 16.8. The second-order valence-corrected chi connectivity index (χ2v) is 12.6. The molecule has 0 amide bonds. The Bertz CT molecular complexity index is 1920. The lowest BCUT2D eigenvalue weighted by Gasteiger charge is -2.50. The molecule has 0 radical (unpaired) electrons. The first kappa shape index (κ1) is 36.5. The average molecular weight is 715 g/mol. The van der Waals surface area contributed by atoms with Crippen LogP contribution in [0.5, 0.6) is 5.75 Å². The maximum Gasteiger partial charge on any atom is 0.336 e. The first-order valence-electron chi connectivity index (χ1n) is 15.9. The van der Waals surface area contributed by atoms with Crippen LogP contribution in [0.3, 0.4) is 0 Å². The molecule has 274 valence electrons. The van der Waals surface area contributed by atoms with E-state index in [4.69, 9.17) is 18.6 Å². The number of rotatable bonds is 10. The predicted molar refractivity (Wildman–Crippen MR) is 176 cm³/mol. The summed E-state index contributed by atoms with van der Waals surface area (Å²) in [5.74, 6) is -3.29. The van der Waals surface area contributed by atoms with Crippen LogP contribution in [0.2, 0.25) is 0 Å². The Hall–Kier alpha value is -4.24. The number of aliphatic hydroxyl groups is 7. The van der Waals surface area contributed by atoms with Crippen LogP contribution in [0.4, 0.5) is 5.69 Å². The highest BCUT2D eigenvalue weighted by Crippen LogP contribution is 2.42. The summed E-state index contributed by atoms with van der Waals surface area (Å²) in [6.45, 7) is -0.449. The maximum absolute atomic E-state index is 12.6. The topological polar surface area (TPSA) is 281 Å². The highest BCUT2D eigenvalue weighted by molar-refractivity contribution is 6.08. The summed E-state index contributed by atoms with van der Waals surface area (Å²) < 4.78 is 23.0. The third-order valence-electron chi connectivity index (χ3n) is 9.21. The molecule has 2 aromatic rings. The van der Waals surface area contributed by atoms with E-state index in [2.05, 4.69) is 10.6 Å². The van der Waals surface area contributed by atoms with Crippen molar-refractivity contribution in [2.24, 2.45) is 0 Å². The Morgan fingerprint density at radius 2 is 1.59 bits per heavy atom. The number of aromatic hydroxyl groups is 1. The predicted octanol–water partition coefficient (Wildman–Crippen LogP) is -1.06. The van der Waals surface area contributed by atoms with Gasteiger partial charge in [-0.25, -0.2) is 4.79 Å². The summed E-state index contributed by atoms with van der Waals surface area (Å²) in [6.07, 6.45) is -12.8. The number of aliphatic hydroxyl groups excluding tert-OH is 7. The number of carboxylic acid groups (broad SMARTS) is 1. The molecule has 0 aromatic heterocycles. The van der Waals surface area contributed by atoms with Crippen LogP contribution in [0.25, 0.3) is 33.4 Å². The van der Waals surface area contributed by atoms with Crippen molar-refractivity contribution in [2.45, 2.75) is 67.8 Å². The Balaban J connectivity index is 1.27. The minimum atomic E-state index is -2.11. The maximum atomic E-state index is 12.6. The van der Waals surface area contributed by atoms with Gasteiger partial charge in [-0.15, -0.1) is 0 Å². The number of aromatic carboxylic acids is 1. The fourth-order valence-electron chi connectivity index (χ4n) is 6.50. The van der Waals surface area contributed by atoms with Crippen molar-refractivity contribution in [1.82, 2.24) is 5.32 Å². The lowest BCUT2D eigenvalue weighted by Crippen LogP contribution is -2.70. The van der Waals surface area contributed by atoms with E-state index in [9.17, 15) is 55.5 Å². The van der Waals surface area contributed by atoms with Gasteiger partial charge in [0, 0.05) is 34.3 Å². The van der Waals surface area contributed by atoms with Gasteiger partial charge in [-0.3, -0.25) is 10.1 Å². The SMILES string of the molecule is CC1(OC2O[C@H](CO)C(O)C(O)C2NCNc2ccc(-c3c4ccc(=O)cc-4oc4cc(O)ccc34)c(C(=O)O)c2)OC(CO)C(O)C(O)C1O. The Labute approximate surface area is 288 Å². The Morgan fingerprint density at radius 1 is 0.882 bits per heavy atom. The van der Waals surface area contributed by atoms with Gasteiger partial charge in [-0.1, -0.05) is 6.07 Å². The molecule has 3 heterocycles. The average Bonchev–Trinajstić information content (AvgIpc) is 3.10. The second-order valence-electron chi connectivity index (χ2n) is 12.6. The number of phenols is 1. The zero-order valence-corrected chi connectivity index (χ0v) is 27.0. The molecule has 4 aliphatic rings. The van der Waals surface area contributed by atoms with Gasteiger partial charge in [0.25, 0.3) is 0 Å². The lowest BCUT2D eigenvalue weighted by molar-refractivity contribution is -0.407. The van der Waals surface area contributed by atoms with Crippen molar-refractivity contribution in [1.29, 1.82) is 0 Å². The van der Waals surface area contributed by atoms with Gasteiger partial charge < -0.3 is 69.9 Å². The van der Waals surface area contributed by atoms with Crippen molar-refractivity contribution in [3.05, 3.63) is 70.4 Å². The van der Waals surface area contributed by atoms with E-state index in [1.807, 2.05) is 0 Å². The first-order valence-corrected chi connectivity index (χ1v) is 15.9. The molecule has 10 atom stereocenters. The molecule has 2 fully saturated rings. The summed E-state index contributed by atoms with van der Waals surface area (Å²) in [7, 11) is 0.